The molecule has 0 aromatic rings. The quantitative estimate of drug-likeness (QED) is 0.372. The molecule has 0 spiro atoms. The van der Waals surface area contributed by atoms with Crippen molar-refractivity contribution in [3.05, 3.63) is 12.2 Å². The Labute approximate surface area is 170 Å². The topological polar surface area (TPSA) is 86.6 Å². The van der Waals surface area contributed by atoms with Gasteiger partial charge in [0.1, 0.15) is 0 Å². The highest BCUT2D eigenvalue weighted by Crippen LogP contribution is 2.63. The van der Waals surface area contributed by atoms with Gasteiger partial charge in [-0.2, -0.15) is 0 Å². The fourth-order valence-corrected chi connectivity index (χ4v) is 6.89. The van der Waals surface area contributed by atoms with Gasteiger partial charge in [0, 0.05) is 11.8 Å². The van der Waals surface area contributed by atoms with Gasteiger partial charge in [0.05, 0.1) is 29.4 Å². The van der Waals surface area contributed by atoms with Crippen molar-refractivity contribution in [1.82, 2.24) is 5.32 Å². The summed E-state index contributed by atoms with van der Waals surface area (Å²) in [6, 6.07) is 0. The van der Waals surface area contributed by atoms with Gasteiger partial charge in [0.25, 0.3) is 0 Å². The highest BCUT2D eigenvalue weighted by atomic mass is 35.5. The summed E-state index contributed by atoms with van der Waals surface area (Å²) >= 11 is 13.2. The second-order valence-electron chi connectivity index (χ2n) is 9.12. The molecule has 27 heavy (non-hydrogen) atoms. The van der Waals surface area contributed by atoms with Crippen LogP contribution in [0.2, 0.25) is 0 Å². The molecule has 3 rings (SSSR count). The Morgan fingerprint density at radius 3 is 2.56 bits per heavy atom. The number of carbonyl (C=O) groups is 2. The van der Waals surface area contributed by atoms with Crippen molar-refractivity contribution in [1.29, 1.82) is 0 Å². The van der Waals surface area contributed by atoms with Crippen molar-refractivity contribution >= 4 is 35.0 Å². The SMILES string of the molecule is C=C1CC[C@H]2[C@](C)(CO)[C@H](Cl)[C@@H](Cl)C[C@]2(C)[C@H]1C[C@H](O)[C@H]1CC(=O)NC1=O. The zero-order valence-corrected chi connectivity index (χ0v) is 17.4. The second kappa shape index (κ2) is 7.33. The van der Waals surface area contributed by atoms with Gasteiger partial charge in [-0.25, -0.2) is 0 Å². The van der Waals surface area contributed by atoms with Crippen LogP contribution >= 0.6 is 23.2 Å². The number of nitrogens with one attached hydrogen (secondary N) is 1. The molecule has 152 valence electrons. The van der Waals surface area contributed by atoms with Crippen LogP contribution in [-0.2, 0) is 9.59 Å². The summed E-state index contributed by atoms with van der Waals surface area (Å²) in [5.41, 5.74) is 0.228. The van der Waals surface area contributed by atoms with Gasteiger partial charge in [0.15, 0.2) is 0 Å². The van der Waals surface area contributed by atoms with Crippen molar-refractivity contribution in [2.75, 3.05) is 6.61 Å². The van der Waals surface area contributed by atoms with Crippen molar-refractivity contribution < 1.29 is 19.8 Å². The van der Waals surface area contributed by atoms with Crippen LogP contribution in [0.4, 0.5) is 0 Å². The molecule has 3 fully saturated rings. The Balaban J connectivity index is 1.89. The summed E-state index contributed by atoms with van der Waals surface area (Å²) in [5, 5.41) is 22.5. The van der Waals surface area contributed by atoms with Gasteiger partial charge in [-0.15, -0.1) is 23.2 Å². The lowest BCUT2D eigenvalue weighted by Gasteiger charge is -2.61. The number of amides is 2. The number of fused-ring (bicyclic) bond motifs is 1. The lowest BCUT2D eigenvalue weighted by Crippen LogP contribution is -2.60. The van der Waals surface area contributed by atoms with Gasteiger partial charge in [-0.3, -0.25) is 14.9 Å². The maximum atomic E-state index is 12.0. The fourth-order valence-electron chi connectivity index (χ4n) is 5.96. The highest BCUT2D eigenvalue weighted by Gasteiger charge is 2.60. The molecule has 0 aromatic heterocycles. The molecule has 1 saturated heterocycles. The Hall–Kier alpha value is -0.620. The molecule has 2 aliphatic carbocycles. The minimum atomic E-state index is -0.920. The molecule has 2 saturated carbocycles. The maximum absolute atomic E-state index is 12.0. The molecule has 3 N–H and O–H groups in total. The zero-order chi connectivity index (χ0) is 20.1. The van der Waals surface area contributed by atoms with Crippen molar-refractivity contribution in [3.63, 3.8) is 0 Å². The first-order valence-electron chi connectivity index (χ1n) is 9.63. The number of rotatable bonds is 4. The third-order valence-electron chi connectivity index (χ3n) is 7.50. The predicted octanol–water partition coefficient (Wildman–Crippen LogP) is 2.61. The first-order chi connectivity index (χ1) is 12.5. The smallest absolute Gasteiger partial charge is 0.232 e. The molecular weight excluding hydrogens is 389 g/mol. The maximum Gasteiger partial charge on any atom is 0.232 e. The van der Waals surface area contributed by atoms with Gasteiger partial charge >= 0.3 is 0 Å². The van der Waals surface area contributed by atoms with E-state index in [1.807, 2.05) is 6.92 Å². The van der Waals surface area contributed by atoms with E-state index < -0.39 is 23.3 Å². The van der Waals surface area contributed by atoms with Crippen molar-refractivity contribution in [2.24, 2.45) is 28.6 Å². The number of imide groups is 1. The van der Waals surface area contributed by atoms with Crippen molar-refractivity contribution in [2.45, 2.75) is 62.8 Å². The summed E-state index contributed by atoms with van der Waals surface area (Å²) in [4.78, 5) is 23.5. The molecule has 8 atom stereocenters. The molecule has 3 aliphatic rings. The molecular formula is C20H29Cl2NO4. The number of alkyl halides is 2. The number of carbonyl (C=O) groups excluding carboxylic acids is 2. The molecule has 0 aromatic carbocycles. The fraction of sp³-hybridized carbons (Fsp3) is 0.800. The average Bonchev–Trinajstić information content (AvgIpc) is 2.94. The van der Waals surface area contributed by atoms with Crippen LogP contribution < -0.4 is 5.32 Å². The average molecular weight is 418 g/mol. The standard InChI is InChI=1S/C20H29Cl2NO4/c1-10-4-5-15-19(2,8-13(21)17(22)20(15,3)9-24)12(10)7-14(25)11-6-16(26)23-18(11)27/h11-15,17,24-25H,1,4-9H2,2-3H3,(H,23,26,27)/t11-,12+,13+,14+,15-,17-,19-,20+/m1/s1. The van der Waals surface area contributed by atoms with E-state index in [-0.39, 0.29) is 46.9 Å². The van der Waals surface area contributed by atoms with Crippen LogP contribution in [0.25, 0.3) is 0 Å². The van der Waals surface area contributed by atoms with Crippen LogP contribution in [0, 0.1) is 28.6 Å². The Bertz CT molecular complexity index is 656. The lowest BCUT2D eigenvalue weighted by atomic mass is 9.46. The summed E-state index contributed by atoms with van der Waals surface area (Å²) in [7, 11) is 0. The van der Waals surface area contributed by atoms with E-state index in [0.29, 0.717) is 12.8 Å². The van der Waals surface area contributed by atoms with E-state index in [1.165, 1.54) is 0 Å². The second-order valence-corrected chi connectivity index (χ2v) is 10.2. The van der Waals surface area contributed by atoms with E-state index in [9.17, 15) is 19.8 Å². The third kappa shape index (κ3) is 3.35. The van der Waals surface area contributed by atoms with Crippen LogP contribution in [-0.4, -0.2) is 45.5 Å². The molecule has 0 bridgehead atoms. The van der Waals surface area contributed by atoms with Gasteiger partial charge in [-0.1, -0.05) is 26.0 Å². The van der Waals surface area contributed by atoms with Gasteiger partial charge in [-0.05, 0) is 42.9 Å². The number of hydrogen-bond acceptors (Lipinski definition) is 4. The lowest BCUT2D eigenvalue weighted by molar-refractivity contribution is -0.128. The Kier molecular flexibility index (Phi) is 5.72. The number of aliphatic hydroxyl groups excluding tert-OH is 2. The van der Waals surface area contributed by atoms with E-state index >= 15 is 0 Å². The zero-order valence-electron chi connectivity index (χ0n) is 15.9. The molecule has 0 radical (unpaired) electrons. The first-order valence-corrected chi connectivity index (χ1v) is 10.5. The molecule has 1 aliphatic heterocycles. The molecule has 1 heterocycles. The minimum Gasteiger partial charge on any atom is -0.396 e. The van der Waals surface area contributed by atoms with Crippen molar-refractivity contribution in [3.8, 4) is 0 Å². The number of allylic oxidation sites excluding steroid dienone is 1. The van der Waals surface area contributed by atoms with E-state index in [2.05, 4.69) is 18.8 Å². The normalized spacial score (nSPS) is 46.1. The number of hydrogen-bond donors (Lipinski definition) is 3. The predicted molar refractivity (Wildman–Crippen MR) is 104 cm³/mol. The summed E-state index contributed by atoms with van der Waals surface area (Å²) in [6.45, 7) is 8.33. The van der Waals surface area contributed by atoms with Gasteiger partial charge < -0.3 is 10.2 Å². The first kappa shape index (κ1) is 21.1. The van der Waals surface area contributed by atoms with Gasteiger partial charge in [0.2, 0.25) is 11.8 Å². The third-order valence-corrected chi connectivity index (χ3v) is 8.84. The van der Waals surface area contributed by atoms with E-state index in [4.69, 9.17) is 23.2 Å². The van der Waals surface area contributed by atoms with Crippen LogP contribution in [0.1, 0.15) is 46.0 Å². The van der Waals surface area contributed by atoms with E-state index in [0.717, 1.165) is 18.4 Å². The van der Waals surface area contributed by atoms with Crippen LogP contribution in [0.3, 0.4) is 0 Å². The summed E-state index contributed by atoms with van der Waals surface area (Å²) < 4.78 is 0. The number of halogens is 2. The molecule has 0 unspecified atom stereocenters. The largest absolute Gasteiger partial charge is 0.396 e. The summed E-state index contributed by atoms with van der Waals surface area (Å²) in [6.07, 6.45) is 1.78. The van der Waals surface area contributed by atoms with Crippen LogP contribution in [0.5, 0.6) is 0 Å². The molecule has 7 heteroatoms. The van der Waals surface area contributed by atoms with Crippen LogP contribution in [0.15, 0.2) is 12.2 Å². The monoisotopic (exact) mass is 417 g/mol. The Morgan fingerprint density at radius 2 is 2.00 bits per heavy atom. The number of aliphatic hydroxyl groups is 2. The highest BCUT2D eigenvalue weighted by molar-refractivity contribution is 6.30. The summed E-state index contributed by atoms with van der Waals surface area (Å²) in [5.74, 6) is -1.38. The molecule has 5 nitrogen and oxygen atoms in total. The molecule has 2 amide bonds. The minimum absolute atomic E-state index is 0.0234. The Morgan fingerprint density at radius 1 is 1.33 bits per heavy atom. The van der Waals surface area contributed by atoms with E-state index in [1.54, 1.807) is 0 Å².